The molecule has 0 spiro atoms. The molecule has 176 valence electrons. The number of aromatic nitrogens is 3. The zero-order valence-corrected chi connectivity index (χ0v) is 20.4. The predicted octanol–water partition coefficient (Wildman–Crippen LogP) is 3.76. The van der Waals surface area contributed by atoms with Gasteiger partial charge in [0.15, 0.2) is 12.3 Å². The summed E-state index contributed by atoms with van der Waals surface area (Å²) >= 11 is 0. The number of hydrogen-bond acceptors (Lipinski definition) is 5. The van der Waals surface area contributed by atoms with Crippen LogP contribution < -0.4 is 10.1 Å². The largest absolute Gasteiger partial charge is 0.466 e. The summed E-state index contributed by atoms with van der Waals surface area (Å²) in [6, 6.07) is 10.5. The molecule has 1 saturated heterocycles. The van der Waals surface area contributed by atoms with Gasteiger partial charge in [0, 0.05) is 38.9 Å². The molecule has 0 bridgehead atoms. The first-order valence-electron chi connectivity index (χ1n) is 11.8. The first-order valence-corrected chi connectivity index (χ1v) is 11.8. The molecular weight excluding hydrogens is 414 g/mol. The summed E-state index contributed by atoms with van der Waals surface area (Å²) in [7, 11) is 1.83. The van der Waals surface area contributed by atoms with E-state index in [0.717, 1.165) is 46.2 Å². The normalized spacial score (nSPS) is 19.1. The van der Waals surface area contributed by atoms with Gasteiger partial charge in [-0.25, -0.2) is 9.67 Å². The zero-order valence-electron chi connectivity index (χ0n) is 20.4. The van der Waals surface area contributed by atoms with Crippen LogP contribution >= 0.6 is 0 Å². The van der Waals surface area contributed by atoms with E-state index < -0.39 is 0 Å². The molecule has 4 rings (SSSR count). The summed E-state index contributed by atoms with van der Waals surface area (Å²) in [5.41, 5.74) is 5.12. The van der Waals surface area contributed by atoms with Crippen LogP contribution in [0.5, 0.6) is 5.88 Å². The fraction of sp³-hybridized carbons (Fsp3) is 0.500. The van der Waals surface area contributed by atoms with Gasteiger partial charge in [-0.2, -0.15) is 0 Å². The van der Waals surface area contributed by atoms with E-state index in [0.29, 0.717) is 12.4 Å². The fourth-order valence-electron chi connectivity index (χ4n) is 4.98. The summed E-state index contributed by atoms with van der Waals surface area (Å²) in [5.74, 6) is 1.79. The molecule has 3 heterocycles. The average Bonchev–Trinajstić information content (AvgIpc) is 3.06. The molecule has 33 heavy (non-hydrogen) atoms. The summed E-state index contributed by atoms with van der Waals surface area (Å²) in [6.07, 6.45) is 1.32. The number of rotatable bonds is 7. The molecule has 1 amide bonds. The maximum Gasteiger partial charge on any atom is 0.258 e. The van der Waals surface area contributed by atoms with Gasteiger partial charge < -0.3 is 10.1 Å². The van der Waals surface area contributed by atoms with Crippen molar-refractivity contribution < 1.29 is 9.53 Å². The molecule has 2 atom stereocenters. The molecule has 7 nitrogen and oxygen atoms in total. The third kappa shape index (κ3) is 5.71. The highest BCUT2D eigenvalue weighted by molar-refractivity contribution is 5.85. The lowest BCUT2D eigenvalue weighted by molar-refractivity contribution is -0.123. The second-order valence-corrected chi connectivity index (χ2v) is 9.73. The average molecular weight is 450 g/mol. The number of nitrogens with one attached hydrogen (secondary N) is 1. The van der Waals surface area contributed by atoms with E-state index >= 15 is 0 Å². The van der Waals surface area contributed by atoms with Crippen molar-refractivity contribution in [1.29, 1.82) is 0 Å². The van der Waals surface area contributed by atoms with Crippen LogP contribution in [0.4, 0.5) is 0 Å². The van der Waals surface area contributed by atoms with E-state index in [1.807, 2.05) is 27.0 Å². The number of carbonyl (C=O) groups excluding carboxylic acids is 1. The quantitative estimate of drug-likeness (QED) is 0.595. The minimum atomic E-state index is -0.174. The van der Waals surface area contributed by atoms with Gasteiger partial charge in [0.25, 0.3) is 5.91 Å². The molecule has 2 unspecified atom stereocenters. The third-order valence-corrected chi connectivity index (χ3v) is 6.29. The first-order chi connectivity index (χ1) is 15.8. The summed E-state index contributed by atoms with van der Waals surface area (Å²) in [5, 5.41) is 8.18. The Hall–Kier alpha value is -2.93. The fourth-order valence-corrected chi connectivity index (χ4v) is 4.98. The Labute approximate surface area is 196 Å². The highest BCUT2D eigenvalue weighted by atomic mass is 16.5. The number of likely N-dealkylation sites (tertiary alicyclic amines) is 1. The topological polar surface area (TPSA) is 72.3 Å². The van der Waals surface area contributed by atoms with Crippen LogP contribution in [0.1, 0.15) is 42.7 Å². The number of ether oxygens (including phenoxy) is 1. The predicted molar refractivity (Wildman–Crippen MR) is 130 cm³/mol. The van der Waals surface area contributed by atoms with Gasteiger partial charge >= 0.3 is 0 Å². The molecule has 1 aliphatic heterocycles. The molecule has 7 heteroatoms. The molecule has 1 N–H and O–H groups in total. The van der Waals surface area contributed by atoms with Crippen LogP contribution in [-0.4, -0.2) is 45.3 Å². The molecule has 0 aliphatic carbocycles. The van der Waals surface area contributed by atoms with Crippen LogP contribution in [0.2, 0.25) is 0 Å². The minimum absolute atomic E-state index is 0.0805. The summed E-state index contributed by atoms with van der Waals surface area (Å²) < 4.78 is 7.43. The van der Waals surface area contributed by atoms with E-state index in [9.17, 15) is 4.79 Å². The highest BCUT2D eigenvalue weighted by Crippen LogP contribution is 2.27. The van der Waals surface area contributed by atoms with Crippen LogP contribution in [0.3, 0.4) is 0 Å². The van der Waals surface area contributed by atoms with Gasteiger partial charge in [0.2, 0.25) is 5.88 Å². The van der Waals surface area contributed by atoms with E-state index in [-0.39, 0.29) is 12.5 Å². The number of piperidine rings is 1. The lowest BCUT2D eigenvalue weighted by atomic mass is 9.91. The molecular formula is C26H35N5O2. The molecule has 1 fully saturated rings. The van der Waals surface area contributed by atoms with E-state index in [2.05, 4.69) is 58.4 Å². The Morgan fingerprint density at radius 3 is 2.48 bits per heavy atom. The molecule has 0 radical (unpaired) electrons. The summed E-state index contributed by atoms with van der Waals surface area (Å²) in [6.45, 7) is 12.4. The Morgan fingerprint density at radius 1 is 1.12 bits per heavy atom. The van der Waals surface area contributed by atoms with Gasteiger partial charge in [-0.1, -0.05) is 38.1 Å². The molecule has 1 aliphatic rings. The molecule has 3 aromatic rings. The van der Waals surface area contributed by atoms with Crippen molar-refractivity contribution in [2.75, 3.05) is 19.7 Å². The number of pyridine rings is 1. The Bertz CT molecular complexity index is 1110. The van der Waals surface area contributed by atoms with Gasteiger partial charge in [-0.15, -0.1) is 5.10 Å². The van der Waals surface area contributed by atoms with Crippen LogP contribution in [0, 0.1) is 25.7 Å². The number of fused-ring (bicyclic) bond motifs is 1. The lowest BCUT2D eigenvalue weighted by Crippen LogP contribution is -2.38. The number of aryl methyl sites for hydroxylation is 3. The van der Waals surface area contributed by atoms with Gasteiger partial charge in [-0.3, -0.25) is 9.69 Å². The van der Waals surface area contributed by atoms with Gasteiger partial charge in [-0.05, 0) is 54.9 Å². The molecule has 0 saturated carbocycles. The number of benzene rings is 1. The maximum atomic E-state index is 12.4. The summed E-state index contributed by atoms with van der Waals surface area (Å²) in [4.78, 5) is 19.4. The number of amides is 1. The van der Waals surface area contributed by atoms with Crippen molar-refractivity contribution in [3.8, 4) is 5.88 Å². The molecule has 2 aromatic heterocycles. The third-order valence-electron chi connectivity index (χ3n) is 6.29. The molecule has 1 aromatic carbocycles. The Kier molecular flexibility index (Phi) is 6.98. The minimum Gasteiger partial charge on any atom is -0.466 e. The standard InChI is InChI=1S/C26H35N5O2/c1-17-10-18(2)14-31(13-17)15-22-8-6-21(7-9-22)12-27-23(32)16-33-26-24-19(3)11-20(4)28-25(24)30(5)29-26/h6-9,11,17-18H,10,12-16H2,1-5H3,(H,27,32). The first kappa shape index (κ1) is 23.2. The van der Waals surface area contributed by atoms with Gasteiger partial charge in [0.1, 0.15) is 0 Å². The second-order valence-electron chi connectivity index (χ2n) is 9.73. The van der Waals surface area contributed by atoms with Gasteiger partial charge in [0.05, 0.1) is 5.39 Å². The number of carbonyl (C=O) groups is 1. The van der Waals surface area contributed by atoms with Crippen molar-refractivity contribution in [2.24, 2.45) is 18.9 Å². The highest BCUT2D eigenvalue weighted by Gasteiger charge is 2.21. The van der Waals surface area contributed by atoms with E-state index in [4.69, 9.17) is 4.74 Å². The number of nitrogens with zero attached hydrogens (tertiary/aromatic N) is 4. The monoisotopic (exact) mass is 449 g/mol. The van der Waals surface area contributed by atoms with Crippen LogP contribution in [-0.2, 0) is 24.9 Å². The zero-order chi connectivity index (χ0) is 23.5. The smallest absolute Gasteiger partial charge is 0.258 e. The van der Waals surface area contributed by atoms with Crippen molar-refractivity contribution in [3.05, 3.63) is 52.7 Å². The van der Waals surface area contributed by atoms with E-state index in [1.165, 1.54) is 25.1 Å². The lowest BCUT2D eigenvalue weighted by Gasteiger charge is -2.35. The number of hydrogen-bond donors (Lipinski definition) is 1. The Balaban J connectivity index is 1.28. The maximum absolute atomic E-state index is 12.4. The second kappa shape index (κ2) is 9.91. The SMILES string of the molecule is Cc1cc(C)c2c(OCC(=O)NCc3ccc(CN4CC(C)CC(C)C4)cc3)nn(C)c2n1. The Morgan fingerprint density at radius 2 is 1.79 bits per heavy atom. The van der Waals surface area contributed by atoms with Crippen LogP contribution in [0.15, 0.2) is 30.3 Å². The van der Waals surface area contributed by atoms with E-state index in [1.54, 1.807) is 4.68 Å². The van der Waals surface area contributed by atoms with Crippen molar-refractivity contribution >= 4 is 16.9 Å². The van der Waals surface area contributed by atoms with Crippen molar-refractivity contribution in [1.82, 2.24) is 25.0 Å². The van der Waals surface area contributed by atoms with Crippen molar-refractivity contribution in [3.63, 3.8) is 0 Å². The van der Waals surface area contributed by atoms with Crippen LogP contribution in [0.25, 0.3) is 11.0 Å². The van der Waals surface area contributed by atoms with Crippen molar-refractivity contribution in [2.45, 2.75) is 47.2 Å².